The van der Waals surface area contributed by atoms with Crippen molar-refractivity contribution in [1.82, 2.24) is 9.78 Å². The van der Waals surface area contributed by atoms with Crippen molar-refractivity contribution in [2.45, 2.75) is 13.0 Å². The van der Waals surface area contributed by atoms with Crippen molar-refractivity contribution in [2.75, 3.05) is 0 Å². The van der Waals surface area contributed by atoms with Gasteiger partial charge in [0.2, 0.25) is 0 Å². The number of benzene rings is 1. The third-order valence-corrected chi connectivity index (χ3v) is 3.04. The van der Waals surface area contributed by atoms with Crippen LogP contribution < -0.4 is 0 Å². The fourth-order valence-corrected chi connectivity index (χ4v) is 2.11. The largest absolute Gasteiger partial charge is 0.478 e. The van der Waals surface area contributed by atoms with Crippen molar-refractivity contribution in [3.05, 3.63) is 40.5 Å². The number of carboxylic acids is 1. The van der Waals surface area contributed by atoms with Crippen molar-refractivity contribution in [2.24, 2.45) is 0 Å². The van der Waals surface area contributed by atoms with E-state index >= 15 is 0 Å². The molecule has 96 valence electrons. The molecule has 0 saturated carbocycles. The molecule has 0 unspecified atom stereocenters. The lowest BCUT2D eigenvalue weighted by Gasteiger charge is -1.99. The minimum Gasteiger partial charge on any atom is -0.478 e. The topological polar surface area (TPSA) is 78.9 Å². The number of carbonyl (C=O) groups is 1. The van der Waals surface area contributed by atoms with Gasteiger partial charge in [0.15, 0.2) is 0 Å². The second-order valence-electron chi connectivity index (χ2n) is 3.88. The summed E-state index contributed by atoms with van der Waals surface area (Å²) in [6, 6.07) is 9.29. The van der Waals surface area contributed by atoms with Gasteiger partial charge in [0.05, 0.1) is 19.0 Å². The van der Waals surface area contributed by atoms with Crippen LogP contribution in [-0.2, 0) is 6.54 Å². The molecule has 2 rings (SSSR count). The number of nitrogens with zero attached hydrogens (tertiary/aromatic N) is 3. The zero-order chi connectivity index (χ0) is 13.8. The van der Waals surface area contributed by atoms with Gasteiger partial charge < -0.3 is 5.11 Å². The number of aromatic carboxylic acids is 1. The van der Waals surface area contributed by atoms with E-state index in [0.29, 0.717) is 18.7 Å². The van der Waals surface area contributed by atoms with Crippen molar-refractivity contribution in [3.8, 4) is 17.3 Å². The van der Waals surface area contributed by atoms with Crippen LogP contribution in [0.5, 0.6) is 0 Å². The van der Waals surface area contributed by atoms with E-state index in [1.54, 1.807) is 6.07 Å². The SMILES string of the molecule is N#CCCn1cc(C(=O)O)c(-c2cccc(Br)c2)n1. The molecule has 0 bridgehead atoms. The number of hydrogen-bond acceptors (Lipinski definition) is 3. The molecule has 0 saturated heterocycles. The lowest BCUT2D eigenvalue weighted by atomic mass is 10.1. The van der Waals surface area contributed by atoms with Gasteiger partial charge in [0.25, 0.3) is 0 Å². The van der Waals surface area contributed by atoms with Gasteiger partial charge in [-0.25, -0.2) is 4.79 Å². The molecule has 0 spiro atoms. The highest BCUT2D eigenvalue weighted by molar-refractivity contribution is 9.10. The van der Waals surface area contributed by atoms with Gasteiger partial charge in [-0.15, -0.1) is 0 Å². The number of rotatable bonds is 4. The second kappa shape index (κ2) is 5.67. The average Bonchev–Trinajstić information content (AvgIpc) is 2.80. The van der Waals surface area contributed by atoms with Crippen LogP contribution in [0.2, 0.25) is 0 Å². The Morgan fingerprint density at radius 1 is 1.53 bits per heavy atom. The van der Waals surface area contributed by atoms with E-state index < -0.39 is 5.97 Å². The predicted octanol–water partition coefficient (Wildman–Crippen LogP) is 2.92. The Labute approximate surface area is 118 Å². The summed E-state index contributed by atoms with van der Waals surface area (Å²) < 4.78 is 2.34. The van der Waals surface area contributed by atoms with Gasteiger partial charge in [0.1, 0.15) is 11.3 Å². The molecular formula is C13H10BrN3O2. The Balaban J connectivity index is 2.46. The van der Waals surface area contributed by atoms with E-state index in [1.165, 1.54) is 10.9 Å². The number of nitriles is 1. The van der Waals surface area contributed by atoms with Crippen LogP contribution in [0.3, 0.4) is 0 Å². The Morgan fingerprint density at radius 3 is 2.95 bits per heavy atom. The summed E-state index contributed by atoms with van der Waals surface area (Å²) in [4.78, 5) is 11.2. The van der Waals surface area contributed by atoms with E-state index in [4.69, 9.17) is 5.26 Å². The third kappa shape index (κ3) is 3.01. The Kier molecular flexibility index (Phi) is 3.97. The number of halogens is 1. The average molecular weight is 320 g/mol. The highest BCUT2D eigenvalue weighted by atomic mass is 79.9. The van der Waals surface area contributed by atoms with Crippen LogP contribution >= 0.6 is 15.9 Å². The highest BCUT2D eigenvalue weighted by Gasteiger charge is 2.17. The molecule has 0 aliphatic carbocycles. The van der Waals surface area contributed by atoms with Crippen LogP contribution in [-0.4, -0.2) is 20.9 Å². The van der Waals surface area contributed by atoms with Crippen LogP contribution in [0.1, 0.15) is 16.8 Å². The Bertz CT molecular complexity index is 658. The summed E-state index contributed by atoms with van der Waals surface area (Å²) in [7, 11) is 0. The van der Waals surface area contributed by atoms with Crippen LogP contribution in [0.25, 0.3) is 11.3 Å². The molecule has 0 aliphatic heterocycles. The summed E-state index contributed by atoms with van der Waals surface area (Å²) in [6.45, 7) is 0.380. The number of aromatic nitrogens is 2. The minimum atomic E-state index is -1.03. The quantitative estimate of drug-likeness (QED) is 0.939. The van der Waals surface area contributed by atoms with Gasteiger partial charge in [-0.2, -0.15) is 10.4 Å². The summed E-state index contributed by atoms with van der Waals surface area (Å²) in [6.07, 6.45) is 1.74. The molecule has 0 radical (unpaired) electrons. The molecule has 1 heterocycles. The number of carboxylic acid groups (broad SMARTS) is 1. The number of hydrogen-bond donors (Lipinski definition) is 1. The fourth-order valence-electron chi connectivity index (χ4n) is 1.71. The first-order valence-corrected chi connectivity index (χ1v) is 6.34. The van der Waals surface area contributed by atoms with Gasteiger partial charge in [-0.3, -0.25) is 4.68 Å². The molecule has 0 fully saturated rings. The predicted molar refractivity (Wildman–Crippen MR) is 72.6 cm³/mol. The van der Waals surface area contributed by atoms with E-state index in [-0.39, 0.29) is 5.56 Å². The summed E-state index contributed by atoms with van der Waals surface area (Å²) >= 11 is 3.34. The zero-order valence-electron chi connectivity index (χ0n) is 9.88. The maximum absolute atomic E-state index is 11.2. The fraction of sp³-hybridized carbons (Fsp3) is 0.154. The van der Waals surface area contributed by atoms with Crippen molar-refractivity contribution < 1.29 is 9.90 Å². The molecule has 0 atom stereocenters. The normalized spacial score (nSPS) is 10.1. The van der Waals surface area contributed by atoms with Crippen molar-refractivity contribution >= 4 is 21.9 Å². The maximum atomic E-state index is 11.2. The minimum absolute atomic E-state index is 0.135. The smallest absolute Gasteiger partial charge is 0.339 e. The molecule has 1 aromatic heterocycles. The van der Waals surface area contributed by atoms with E-state index in [0.717, 1.165) is 10.0 Å². The lowest BCUT2D eigenvalue weighted by molar-refractivity contribution is 0.0697. The molecular weight excluding hydrogens is 310 g/mol. The zero-order valence-corrected chi connectivity index (χ0v) is 11.5. The monoisotopic (exact) mass is 319 g/mol. The molecule has 19 heavy (non-hydrogen) atoms. The lowest BCUT2D eigenvalue weighted by Crippen LogP contribution is -1.97. The van der Waals surface area contributed by atoms with Crippen molar-refractivity contribution in [3.63, 3.8) is 0 Å². The van der Waals surface area contributed by atoms with Gasteiger partial charge in [0, 0.05) is 16.2 Å². The van der Waals surface area contributed by atoms with E-state index in [1.807, 2.05) is 24.3 Å². The van der Waals surface area contributed by atoms with Crippen LogP contribution in [0.4, 0.5) is 0 Å². The van der Waals surface area contributed by atoms with Gasteiger partial charge >= 0.3 is 5.97 Å². The summed E-state index contributed by atoms with van der Waals surface area (Å²) in [5.41, 5.74) is 1.27. The standard InChI is InChI=1S/C13H10BrN3O2/c14-10-4-1-3-9(7-10)12-11(13(18)19)8-17(16-12)6-2-5-15/h1,3-4,7-8H,2,6H2,(H,18,19). The summed E-state index contributed by atoms with van der Waals surface area (Å²) in [5, 5.41) is 22.0. The molecule has 0 aliphatic rings. The molecule has 2 aromatic rings. The molecule has 5 nitrogen and oxygen atoms in total. The van der Waals surface area contributed by atoms with E-state index in [9.17, 15) is 9.90 Å². The Hall–Kier alpha value is -2.13. The van der Waals surface area contributed by atoms with Crippen LogP contribution in [0.15, 0.2) is 34.9 Å². The molecule has 6 heteroatoms. The first-order chi connectivity index (χ1) is 9.11. The maximum Gasteiger partial charge on any atom is 0.339 e. The van der Waals surface area contributed by atoms with Crippen LogP contribution in [0, 0.1) is 11.3 Å². The van der Waals surface area contributed by atoms with E-state index in [2.05, 4.69) is 21.0 Å². The summed E-state index contributed by atoms with van der Waals surface area (Å²) in [5.74, 6) is -1.03. The number of aryl methyl sites for hydroxylation is 1. The molecule has 1 N–H and O–H groups in total. The van der Waals surface area contributed by atoms with Gasteiger partial charge in [-0.05, 0) is 12.1 Å². The third-order valence-electron chi connectivity index (χ3n) is 2.54. The Morgan fingerprint density at radius 2 is 2.32 bits per heavy atom. The molecule has 0 amide bonds. The first-order valence-electron chi connectivity index (χ1n) is 5.55. The first kappa shape index (κ1) is 13.3. The van der Waals surface area contributed by atoms with Crippen molar-refractivity contribution in [1.29, 1.82) is 5.26 Å². The second-order valence-corrected chi connectivity index (χ2v) is 4.79. The highest BCUT2D eigenvalue weighted by Crippen LogP contribution is 2.25. The van der Waals surface area contributed by atoms with Gasteiger partial charge in [-0.1, -0.05) is 28.1 Å². The molecule has 1 aromatic carbocycles.